The Kier molecular flexibility index (Phi) is 12.6. The summed E-state index contributed by atoms with van der Waals surface area (Å²) in [6.45, 7) is 9.10. The molecule has 15 nitrogen and oxygen atoms in total. The van der Waals surface area contributed by atoms with Crippen molar-refractivity contribution < 1.29 is 32.3 Å². The van der Waals surface area contributed by atoms with Crippen molar-refractivity contribution in [3.05, 3.63) is 117 Å². The van der Waals surface area contributed by atoms with Crippen LogP contribution in [0.15, 0.2) is 95.7 Å². The molecule has 1 amide bonds. The van der Waals surface area contributed by atoms with Gasteiger partial charge in [0.05, 0.1) is 47.5 Å². The van der Waals surface area contributed by atoms with Crippen LogP contribution in [0.2, 0.25) is 5.02 Å². The number of carbonyl (C=O) groups is 1. The minimum absolute atomic E-state index is 0.0524. The molecule has 0 bridgehead atoms. The van der Waals surface area contributed by atoms with Gasteiger partial charge in [-0.05, 0) is 91.8 Å². The van der Waals surface area contributed by atoms with Gasteiger partial charge in [0, 0.05) is 73.2 Å². The topological polar surface area (TPSA) is 181 Å². The van der Waals surface area contributed by atoms with Crippen LogP contribution in [0.1, 0.15) is 49.0 Å². The number of aromatic nitrogens is 2. The average molecular weight is 870 g/mol. The van der Waals surface area contributed by atoms with E-state index < -0.39 is 31.4 Å². The number of hydrogen-bond donors (Lipinski definition) is 3. The fourth-order valence-electron chi connectivity index (χ4n) is 8.30. The van der Waals surface area contributed by atoms with Gasteiger partial charge < -0.3 is 29.4 Å². The number of nitrogens with one attached hydrogen (secondary N) is 3. The van der Waals surface area contributed by atoms with E-state index in [0.717, 1.165) is 61.1 Å². The van der Waals surface area contributed by atoms with Crippen LogP contribution in [0, 0.1) is 16.0 Å². The molecule has 0 radical (unpaired) electrons. The van der Waals surface area contributed by atoms with Gasteiger partial charge >= 0.3 is 0 Å². The smallest absolute Gasteiger partial charge is 0.293 e. The molecule has 2 fully saturated rings. The van der Waals surface area contributed by atoms with Crippen LogP contribution < -0.4 is 19.7 Å². The molecule has 3 N–H and O–H groups in total. The van der Waals surface area contributed by atoms with Gasteiger partial charge in [-0.15, -0.1) is 0 Å². The Hall–Kier alpha value is -5.52. The Morgan fingerprint density at radius 2 is 1.90 bits per heavy atom. The highest BCUT2D eigenvalue weighted by Gasteiger charge is 2.30. The number of piperazine rings is 1. The van der Waals surface area contributed by atoms with Crippen molar-refractivity contribution in [3.8, 4) is 11.5 Å². The number of pyridine rings is 1. The summed E-state index contributed by atoms with van der Waals surface area (Å²) in [5, 5.41) is 16.5. The molecule has 61 heavy (non-hydrogen) atoms. The molecule has 2 aromatic heterocycles. The maximum atomic E-state index is 13.9. The first kappa shape index (κ1) is 42.2. The Labute approximate surface area is 359 Å². The highest BCUT2D eigenvalue weighted by Crippen LogP contribution is 2.38. The molecule has 8 rings (SSSR count). The number of nitro groups is 1. The van der Waals surface area contributed by atoms with E-state index in [0.29, 0.717) is 43.7 Å². The zero-order valence-electron chi connectivity index (χ0n) is 33.9. The summed E-state index contributed by atoms with van der Waals surface area (Å²) in [5.41, 5.74) is 5.14. The van der Waals surface area contributed by atoms with Crippen LogP contribution in [0.4, 0.5) is 17.1 Å². The minimum Gasteiger partial charge on any atom is -0.455 e. The van der Waals surface area contributed by atoms with Gasteiger partial charge in [0.15, 0.2) is 0 Å². The van der Waals surface area contributed by atoms with Crippen LogP contribution in [-0.2, 0) is 19.5 Å². The van der Waals surface area contributed by atoms with Crippen molar-refractivity contribution in [2.75, 3.05) is 62.8 Å². The van der Waals surface area contributed by atoms with Crippen LogP contribution in [0.5, 0.6) is 11.5 Å². The van der Waals surface area contributed by atoms with Crippen molar-refractivity contribution in [1.29, 1.82) is 0 Å². The number of allylic oxidation sites excluding steroid dienone is 1. The van der Waals surface area contributed by atoms with Crippen molar-refractivity contribution in [2.24, 2.45) is 5.92 Å². The molecule has 2 aliphatic heterocycles. The fourth-order valence-corrected chi connectivity index (χ4v) is 9.41. The fraction of sp³-hybridized carbons (Fsp3) is 0.364. The molecular formula is C44H48ClN7O8S. The number of rotatable bonds is 13. The number of ether oxygens (including phenoxy) is 3. The zero-order valence-corrected chi connectivity index (χ0v) is 35.5. The Bertz CT molecular complexity index is 2560. The summed E-state index contributed by atoms with van der Waals surface area (Å²) in [7, 11) is -4.59. The standard InChI is InChI=1S/C44H48ClN7O8S/c1-28-3-4-32(39(19-28)30-5-7-33(45)8-6-30)26-50-15-16-51(29(2)25-50)34-9-11-38(42(21-34)60-35-20-31-13-14-46-43(31)48-23-35)44(53)49-61(56,57)37-10-12-40(41(22-37)52(54)55)47-24-36-27-58-17-18-59-36/h5-14,20-23,28-29,36,47H,3-4,15-19,24-27H2,1-2H3,(H,46,48)(H,49,53)/t28-,29-,36?/m1/s1. The number of carbonyl (C=O) groups excluding carboxylic acids is 1. The van der Waals surface area contributed by atoms with Crippen LogP contribution in [0.3, 0.4) is 0 Å². The normalized spacial score (nSPS) is 20.1. The predicted octanol–water partition coefficient (Wildman–Crippen LogP) is 7.65. The van der Waals surface area contributed by atoms with Gasteiger partial charge in [0.1, 0.15) is 22.8 Å². The monoisotopic (exact) mass is 869 g/mol. The first-order valence-corrected chi connectivity index (χ1v) is 22.3. The number of amides is 1. The van der Waals surface area contributed by atoms with Crippen LogP contribution in [0.25, 0.3) is 16.6 Å². The van der Waals surface area contributed by atoms with E-state index >= 15 is 0 Å². The first-order valence-electron chi connectivity index (χ1n) is 20.4. The average Bonchev–Trinajstić information content (AvgIpc) is 3.72. The van der Waals surface area contributed by atoms with Crippen molar-refractivity contribution in [1.82, 2.24) is 19.6 Å². The highest BCUT2D eigenvalue weighted by atomic mass is 35.5. The Morgan fingerprint density at radius 1 is 1.07 bits per heavy atom. The molecular weight excluding hydrogens is 822 g/mol. The highest BCUT2D eigenvalue weighted by molar-refractivity contribution is 7.90. The number of H-pyrrole nitrogens is 1. The number of hydrogen-bond acceptors (Lipinski definition) is 12. The van der Waals surface area contributed by atoms with Gasteiger partial charge in [-0.1, -0.05) is 36.2 Å². The van der Waals surface area contributed by atoms with E-state index in [4.69, 9.17) is 25.8 Å². The van der Waals surface area contributed by atoms with Gasteiger partial charge in [-0.3, -0.25) is 19.8 Å². The molecule has 3 aromatic carbocycles. The van der Waals surface area contributed by atoms with E-state index in [1.54, 1.807) is 24.4 Å². The summed E-state index contributed by atoms with van der Waals surface area (Å²) < 4.78 is 46.8. The second kappa shape index (κ2) is 18.2. The van der Waals surface area contributed by atoms with Crippen molar-refractivity contribution >= 4 is 61.2 Å². The molecule has 0 saturated carbocycles. The second-order valence-corrected chi connectivity index (χ2v) is 18.0. The quantitative estimate of drug-likeness (QED) is 0.0778. The Balaban J connectivity index is 1.02. The molecule has 17 heteroatoms. The largest absolute Gasteiger partial charge is 0.455 e. The molecule has 3 aliphatic rings. The third-order valence-electron chi connectivity index (χ3n) is 11.5. The van der Waals surface area contributed by atoms with E-state index in [-0.39, 0.29) is 35.7 Å². The molecule has 3 atom stereocenters. The number of sulfonamides is 1. The maximum Gasteiger partial charge on any atom is 0.293 e. The Morgan fingerprint density at radius 3 is 2.67 bits per heavy atom. The summed E-state index contributed by atoms with van der Waals surface area (Å²) in [5.74, 6) is 0.103. The molecule has 1 aliphatic carbocycles. The third-order valence-corrected chi connectivity index (χ3v) is 13.1. The first-order chi connectivity index (χ1) is 29.4. The van der Waals surface area contributed by atoms with Gasteiger partial charge in [-0.25, -0.2) is 18.1 Å². The van der Waals surface area contributed by atoms with Crippen molar-refractivity contribution in [3.63, 3.8) is 0 Å². The van der Waals surface area contributed by atoms with E-state index in [1.807, 2.05) is 18.2 Å². The second-order valence-electron chi connectivity index (χ2n) is 15.9. The lowest BCUT2D eigenvalue weighted by atomic mass is 9.81. The lowest BCUT2D eigenvalue weighted by molar-refractivity contribution is -0.384. The SMILES string of the molecule is C[C@@H]1CCC(CN2CCN(c3ccc(C(=O)NS(=O)(=O)c4ccc(NCC5COCCO5)c([N+](=O)[O-])c4)c(Oc4cnc5[nH]ccc5c4)c3)[C@H](C)C2)=C(c2ccc(Cl)cc2)C1. The summed E-state index contributed by atoms with van der Waals surface area (Å²) in [6.07, 6.45) is 6.21. The molecule has 1 unspecified atom stereocenters. The van der Waals surface area contributed by atoms with Crippen molar-refractivity contribution in [2.45, 2.75) is 50.2 Å². The summed E-state index contributed by atoms with van der Waals surface area (Å²) in [6, 6.07) is 20.3. The molecule has 5 aromatic rings. The van der Waals surface area contributed by atoms with Crippen LogP contribution in [-0.4, -0.2) is 98.8 Å². The van der Waals surface area contributed by atoms with E-state index in [1.165, 1.54) is 41.1 Å². The van der Waals surface area contributed by atoms with Gasteiger partial charge in [0.2, 0.25) is 0 Å². The summed E-state index contributed by atoms with van der Waals surface area (Å²) >= 11 is 6.22. The van der Waals surface area contributed by atoms with Crippen LogP contribution >= 0.6 is 11.6 Å². The lowest BCUT2D eigenvalue weighted by Crippen LogP contribution is -2.52. The number of halogens is 1. The molecule has 0 spiro atoms. The zero-order chi connectivity index (χ0) is 42.7. The number of anilines is 2. The number of benzene rings is 3. The van der Waals surface area contributed by atoms with E-state index in [9.17, 15) is 23.3 Å². The number of fused-ring (bicyclic) bond motifs is 1. The molecule has 320 valence electrons. The van der Waals surface area contributed by atoms with E-state index in [2.05, 4.69) is 55.8 Å². The van der Waals surface area contributed by atoms with Gasteiger partial charge in [-0.2, -0.15) is 0 Å². The molecule has 4 heterocycles. The number of nitro benzene ring substituents is 1. The van der Waals surface area contributed by atoms with Gasteiger partial charge in [0.25, 0.3) is 21.6 Å². The molecule has 2 saturated heterocycles. The predicted molar refractivity (Wildman–Crippen MR) is 234 cm³/mol. The number of aromatic amines is 1. The minimum atomic E-state index is -4.59. The maximum absolute atomic E-state index is 13.9. The third kappa shape index (κ3) is 9.84. The number of nitrogens with zero attached hydrogens (tertiary/aromatic N) is 4. The summed E-state index contributed by atoms with van der Waals surface area (Å²) in [4.78, 5) is 37.1. The lowest BCUT2D eigenvalue weighted by Gasteiger charge is -2.42.